The summed E-state index contributed by atoms with van der Waals surface area (Å²) >= 11 is 1.15. The molecule has 0 bridgehead atoms. The van der Waals surface area contributed by atoms with Crippen molar-refractivity contribution < 1.29 is 20.1 Å². The van der Waals surface area contributed by atoms with Gasteiger partial charge in [0.05, 0.1) is 11.5 Å². The van der Waals surface area contributed by atoms with Gasteiger partial charge in [0, 0.05) is 11.1 Å². The van der Waals surface area contributed by atoms with Gasteiger partial charge in [-0.1, -0.05) is 30.0 Å². The number of ether oxygens (including phenoxy) is 1. The molecule has 3 rings (SSSR count). The Morgan fingerprint density at radius 3 is 2.50 bits per heavy atom. The maximum Gasteiger partial charge on any atom is 0.330 e. The average molecular weight is 352 g/mol. The number of hydrogen-bond acceptors (Lipinski definition) is 7. The lowest BCUT2D eigenvalue weighted by Gasteiger charge is -2.17. The van der Waals surface area contributed by atoms with E-state index in [1.54, 1.807) is 0 Å². The fourth-order valence-corrected chi connectivity index (χ4v) is 3.31. The first-order valence-corrected chi connectivity index (χ1v) is 8.03. The summed E-state index contributed by atoms with van der Waals surface area (Å²) in [5.41, 5.74) is -1.33. The van der Waals surface area contributed by atoms with Gasteiger partial charge in [-0.15, -0.1) is 0 Å². The summed E-state index contributed by atoms with van der Waals surface area (Å²) in [5, 5.41) is 29.0. The number of benzene rings is 1. The number of H-pyrrole nitrogens is 1. The zero-order valence-electron chi connectivity index (χ0n) is 12.4. The Morgan fingerprint density at radius 2 is 1.88 bits per heavy atom. The fraction of sp³-hybridized carbons (Fsp3) is 0.333. The second-order valence-corrected chi connectivity index (χ2v) is 6.42. The molecule has 2 heterocycles. The molecule has 9 heteroatoms. The Hall–Kier alpha value is -1.91. The second kappa shape index (κ2) is 6.91. The number of hydrogen-bond donors (Lipinski definition) is 4. The molecule has 0 amide bonds. The van der Waals surface area contributed by atoms with E-state index in [9.17, 15) is 19.8 Å². The van der Waals surface area contributed by atoms with Crippen LogP contribution in [-0.4, -0.2) is 49.8 Å². The first-order valence-electron chi connectivity index (χ1n) is 7.22. The van der Waals surface area contributed by atoms with Crippen molar-refractivity contribution in [1.82, 2.24) is 9.55 Å². The topological polar surface area (TPSA) is 125 Å². The summed E-state index contributed by atoms with van der Waals surface area (Å²) in [6.45, 7) is -0.502. The zero-order chi connectivity index (χ0) is 17.3. The molecule has 4 atom stereocenters. The minimum absolute atomic E-state index is 0.235. The van der Waals surface area contributed by atoms with Gasteiger partial charge < -0.3 is 20.1 Å². The summed E-state index contributed by atoms with van der Waals surface area (Å²) in [4.78, 5) is 27.2. The third-order valence-electron chi connectivity index (χ3n) is 3.70. The Labute approximate surface area is 140 Å². The highest BCUT2D eigenvalue weighted by Gasteiger charge is 2.43. The molecule has 128 valence electrons. The number of aromatic nitrogens is 2. The molecule has 0 radical (unpaired) electrons. The molecule has 0 spiro atoms. The quantitative estimate of drug-likeness (QED) is 0.573. The van der Waals surface area contributed by atoms with Crippen LogP contribution in [0.25, 0.3) is 0 Å². The molecule has 1 aliphatic heterocycles. The van der Waals surface area contributed by atoms with Crippen LogP contribution in [0.5, 0.6) is 0 Å². The van der Waals surface area contributed by atoms with E-state index in [-0.39, 0.29) is 4.90 Å². The van der Waals surface area contributed by atoms with Gasteiger partial charge in [0.2, 0.25) is 0 Å². The largest absolute Gasteiger partial charge is 0.394 e. The van der Waals surface area contributed by atoms with Crippen LogP contribution < -0.4 is 11.2 Å². The summed E-state index contributed by atoms with van der Waals surface area (Å²) in [6, 6.07) is 9.10. The summed E-state index contributed by atoms with van der Waals surface area (Å²) in [7, 11) is 0. The number of aliphatic hydroxyl groups is 3. The number of rotatable bonds is 4. The predicted molar refractivity (Wildman–Crippen MR) is 84.9 cm³/mol. The van der Waals surface area contributed by atoms with E-state index < -0.39 is 42.4 Å². The molecular formula is C15H16N2O6S. The standard InChI is InChI=1S/C15H16N2O6S/c18-7-9-11(19)12(20)14(23-9)17-6-10(13(21)16-15(17)22)24-8-4-2-1-3-5-8/h1-6,9,11-12,14,18-20H,7H2,(H,16,21,22)/t9-,11?,12?,14-/m0/s1. The molecule has 8 nitrogen and oxygen atoms in total. The van der Waals surface area contributed by atoms with Gasteiger partial charge in [-0.25, -0.2) is 4.79 Å². The van der Waals surface area contributed by atoms with Gasteiger partial charge in [0.1, 0.15) is 18.3 Å². The number of aromatic amines is 1. The van der Waals surface area contributed by atoms with Crippen LogP contribution in [0.15, 0.2) is 55.9 Å². The molecule has 1 saturated heterocycles. The third-order valence-corrected chi connectivity index (χ3v) is 4.72. The van der Waals surface area contributed by atoms with Crippen molar-refractivity contribution in [2.75, 3.05) is 6.61 Å². The monoisotopic (exact) mass is 352 g/mol. The highest BCUT2D eigenvalue weighted by molar-refractivity contribution is 7.99. The van der Waals surface area contributed by atoms with Crippen molar-refractivity contribution in [3.63, 3.8) is 0 Å². The zero-order valence-corrected chi connectivity index (χ0v) is 13.2. The number of nitrogens with zero attached hydrogens (tertiary/aromatic N) is 1. The Balaban J connectivity index is 1.96. The normalized spacial score (nSPS) is 26.6. The van der Waals surface area contributed by atoms with Crippen molar-refractivity contribution in [2.24, 2.45) is 0 Å². The molecule has 1 aliphatic rings. The van der Waals surface area contributed by atoms with E-state index in [1.807, 2.05) is 30.3 Å². The Kier molecular flexibility index (Phi) is 4.88. The van der Waals surface area contributed by atoms with Gasteiger partial charge >= 0.3 is 5.69 Å². The van der Waals surface area contributed by atoms with Crippen molar-refractivity contribution >= 4 is 11.8 Å². The number of aliphatic hydroxyl groups excluding tert-OH is 3. The Morgan fingerprint density at radius 1 is 1.17 bits per heavy atom. The maximum atomic E-state index is 12.0. The van der Waals surface area contributed by atoms with E-state index in [4.69, 9.17) is 9.84 Å². The predicted octanol–water partition coefficient (Wildman–Crippen LogP) is -0.701. The highest BCUT2D eigenvalue weighted by atomic mass is 32.2. The molecule has 4 N–H and O–H groups in total. The number of nitrogens with one attached hydrogen (secondary N) is 1. The Bertz CT molecular complexity index is 821. The lowest BCUT2D eigenvalue weighted by Crippen LogP contribution is -2.38. The van der Waals surface area contributed by atoms with Gasteiger partial charge in [0.25, 0.3) is 5.56 Å². The molecule has 1 fully saturated rings. The average Bonchev–Trinajstić information content (AvgIpc) is 2.86. The highest BCUT2D eigenvalue weighted by Crippen LogP contribution is 2.29. The molecule has 1 aromatic heterocycles. The summed E-state index contributed by atoms with van der Waals surface area (Å²) in [6.07, 6.45) is -3.66. The van der Waals surface area contributed by atoms with E-state index in [2.05, 4.69) is 4.98 Å². The van der Waals surface area contributed by atoms with E-state index in [1.165, 1.54) is 6.20 Å². The van der Waals surface area contributed by atoms with Gasteiger partial charge in [0.15, 0.2) is 6.23 Å². The molecule has 2 aromatic rings. The molecule has 0 saturated carbocycles. The lowest BCUT2D eigenvalue weighted by atomic mass is 10.1. The van der Waals surface area contributed by atoms with Crippen LogP contribution in [0.1, 0.15) is 6.23 Å². The smallest absolute Gasteiger partial charge is 0.330 e. The van der Waals surface area contributed by atoms with Crippen LogP contribution >= 0.6 is 11.8 Å². The molecule has 2 unspecified atom stereocenters. The lowest BCUT2D eigenvalue weighted by molar-refractivity contribution is -0.0553. The fourth-order valence-electron chi connectivity index (χ4n) is 2.45. The van der Waals surface area contributed by atoms with Gasteiger partial charge in [-0.05, 0) is 12.1 Å². The van der Waals surface area contributed by atoms with E-state index >= 15 is 0 Å². The van der Waals surface area contributed by atoms with Crippen molar-refractivity contribution in [3.05, 3.63) is 57.4 Å². The van der Waals surface area contributed by atoms with Crippen molar-refractivity contribution in [3.8, 4) is 0 Å². The second-order valence-electron chi connectivity index (χ2n) is 5.30. The summed E-state index contributed by atoms with van der Waals surface area (Å²) < 4.78 is 6.34. The van der Waals surface area contributed by atoms with Crippen LogP contribution in [-0.2, 0) is 4.74 Å². The van der Waals surface area contributed by atoms with E-state index in [0.29, 0.717) is 0 Å². The molecule has 1 aromatic carbocycles. The van der Waals surface area contributed by atoms with Crippen LogP contribution in [0.4, 0.5) is 0 Å². The van der Waals surface area contributed by atoms with Crippen LogP contribution in [0.3, 0.4) is 0 Å². The maximum absolute atomic E-state index is 12.0. The minimum atomic E-state index is -1.40. The van der Waals surface area contributed by atoms with Crippen LogP contribution in [0.2, 0.25) is 0 Å². The molecule has 24 heavy (non-hydrogen) atoms. The molecular weight excluding hydrogens is 336 g/mol. The van der Waals surface area contributed by atoms with Gasteiger partial charge in [-0.3, -0.25) is 14.3 Å². The minimum Gasteiger partial charge on any atom is -0.394 e. The molecule has 0 aliphatic carbocycles. The van der Waals surface area contributed by atoms with Crippen molar-refractivity contribution in [2.45, 2.75) is 34.3 Å². The van der Waals surface area contributed by atoms with E-state index in [0.717, 1.165) is 21.2 Å². The third kappa shape index (κ3) is 3.17. The SMILES string of the molecule is O=c1[nH]c(=O)n([C@H]2O[C@@H](CO)C(O)C2O)cc1Sc1ccccc1. The van der Waals surface area contributed by atoms with Gasteiger partial charge in [-0.2, -0.15) is 0 Å². The first-order chi connectivity index (χ1) is 11.5. The summed E-state index contributed by atoms with van der Waals surface area (Å²) in [5.74, 6) is 0. The van der Waals surface area contributed by atoms with Crippen molar-refractivity contribution in [1.29, 1.82) is 0 Å². The first kappa shape index (κ1) is 16.9. The van der Waals surface area contributed by atoms with Crippen LogP contribution in [0, 0.1) is 0 Å².